The Morgan fingerprint density at radius 1 is 0.654 bits per heavy atom. The van der Waals surface area contributed by atoms with Crippen molar-refractivity contribution >= 4 is 22.6 Å². The molecule has 0 nitrogen and oxygen atoms in total. The van der Waals surface area contributed by atoms with Gasteiger partial charge in [-0.15, -0.1) is 0 Å². The minimum atomic E-state index is -6.48. The fraction of sp³-hybridized carbons (Fsp3) is 1.00. The van der Waals surface area contributed by atoms with E-state index in [4.69, 9.17) is 0 Å². The molecule has 2 atom stereocenters. The lowest BCUT2D eigenvalue weighted by Crippen LogP contribution is -2.60. The van der Waals surface area contributed by atoms with Crippen molar-refractivity contribution in [1.29, 1.82) is 0 Å². The average molecular weight is 512 g/mol. The van der Waals surface area contributed by atoms with Gasteiger partial charge in [-0.25, -0.2) is 4.39 Å². The molecular formula is C16H22F9I. The number of alkyl halides is 10. The van der Waals surface area contributed by atoms with Crippen LogP contribution < -0.4 is 0 Å². The normalized spacial score (nSPS) is 27.2. The molecule has 0 aliphatic heterocycles. The molecule has 0 amide bonds. The minimum Gasteiger partial charge on any atom is -0.230 e. The number of hydrogen-bond donors (Lipinski definition) is 0. The second-order valence-corrected chi connectivity index (χ2v) is 8.47. The van der Waals surface area contributed by atoms with Gasteiger partial charge in [-0.2, -0.15) is 35.1 Å². The summed E-state index contributed by atoms with van der Waals surface area (Å²) in [6, 6.07) is 0. The topological polar surface area (TPSA) is 0 Å². The van der Waals surface area contributed by atoms with Crippen LogP contribution >= 0.6 is 22.6 Å². The Balaban J connectivity index is 2.96. The predicted molar refractivity (Wildman–Crippen MR) is 88.6 cm³/mol. The van der Waals surface area contributed by atoms with Gasteiger partial charge in [-0.3, -0.25) is 0 Å². The van der Waals surface area contributed by atoms with Crippen LogP contribution in [0, 0.1) is 5.92 Å². The zero-order chi connectivity index (χ0) is 20.6. The van der Waals surface area contributed by atoms with Gasteiger partial charge in [0.2, 0.25) is 0 Å². The first kappa shape index (κ1) is 24.1. The largest absolute Gasteiger partial charge is 0.381 e. The van der Waals surface area contributed by atoms with E-state index in [1.165, 1.54) is 22.6 Å². The first-order valence-electron chi connectivity index (χ1n) is 8.48. The Morgan fingerprint density at radius 3 is 1.46 bits per heavy atom. The lowest BCUT2D eigenvalue weighted by Gasteiger charge is -2.38. The highest BCUT2D eigenvalue weighted by atomic mass is 127. The number of unbranched alkanes of at least 4 members (excludes halogenated alkanes) is 5. The fourth-order valence-corrected chi connectivity index (χ4v) is 4.18. The maximum Gasteiger partial charge on any atom is 0.381 e. The van der Waals surface area contributed by atoms with E-state index in [9.17, 15) is 39.5 Å². The van der Waals surface area contributed by atoms with Crippen LogP contribution in [0.15, 0.2) is 0 Å². The van der Waals surface area contributed by atoms with Crippen molar-refractivity contribution in [3.05, 3.63) is 0 Å². The Labute approximate surface area is 160 Å². The monoisotopic (exact) mass is 512 g/mol. The van der Waals surface area contributed by atoms with Gasteiger partial charge in [0, 0.05) is 9.84 Å². The van der Waals surface area contributed by atoms with E-state index < -0.39 is 39.2 Å². The quantitative estimate of drug-likeness (QED) is 0.130. The molecule has 0 aromatic rings. The lowest BCUT2D eigenvalue weighted by molar-refractivity contribution is -0.303. The van der Waals surface area contributed by atoms with E-state index >= 15 is 0 Å². The number of halogens is 10. The first-order chi connectivity index (χ1) is 11.6. The SMILES string of the molecule is CCCCCCCCC(I)C(C)C1(F)C(F)(F)C(F)(F)C(F)(F)C1(F)F. The summed E-state index contributed by atoms with van der Waals surface area (Å²) < 4.78 is 122. The van der Waals surface area contributed by atoms with Gasteiger partial charge in [0.1, 0.15) is 0 Å². The third-order valence-electron chi connectivity index (χ3n) is 5.10. The molecule has 26 heavy (non-hydrogen) atoms. The summed E-state index contributed by atoms with van der Waals surface area (Å²) in [5.74, 6) is -27.8. The third-order valence-corrected chi connectivity index (χ3v) is 6.80. The van der Waals surface area contributed by atoms with Crippen molar-refractivity contribution in [3.63, 3.8) is 0 Å². The maximum absolute atomic E-state index is 14.7. The van der Waals surface area contributed by atoms with E-state index in [1.807, 2.05) is 6.92 Å². The van der Waals surface area contributed by atoms with Gasteiger partial charge in [0.25, 0.3) is 5.67 Å². The van der Waals surface area contributed by atoms with E-state index in [-0.39, 0.29) is 6.42 Å². The molecule has 0 heterocycles. The Bertz CT molecular complexity index is 452. The standard InChI is InChI=1S/C16H22F9I/c1-3-4-5-6-7-8-9-11(26)10(2)12(17)13(18,19)15(22,23)16(24,25)14(12,20)21/h10-11H,3-9H2,1-2H3. The number of hydrogen-bond acceptors (Lipinski definition) is 0. The second kappa shape index (κ2) is 7.85. The molecule has 0 spiro atoms. The predicted octanol–water partition coefficient (Wildman–Crippen LogP) is 7.44. The van der Waals surface area contributed by atoms with E-state index in [1.54, 1.807) is 0 Å². The molecule has 0 radical (unpaired) electrons. The van der Waals surface area contributed by atoms with E-state index in [0.29, 0.717) is 19.8 Å². The van der Waals surface area contributed by atoms with Crippen molar-refractivity contribution in [2.24, 2.45) is 5.92 Å². The molecule has 0 aromatic carbocycles. The highest BCUT2D eigenvalue weighted by Crippen LogP contribution is 2.71. The Kier molecular flexibility index (Phi) is 7.29. The van der Waals surface area contributed by atoms with Gasteiger partial charge < -0.3 is 0 Å². The van der Waals surface area contributed by atoms with Crippen LogP contribution in [0.3, 0.4) is 0 Å². The maximum atomic E-state index is 14.7. The van der Waals surface area contributed by atoms with Gasteiger partial charge >= 0.3 is 23.7 Å². The molecule has 1 rings (SSSR count). The summed E-state index contributed by atoms with van der Waals surface area (Å²) in [4.78, 5) is 0. The molecule has 0 saturated heterocycles. The second-order valence-electron chi connectivity index (χ2n) is 6.87. The van der Waals surface area contributed by atoms with Crippen LogP contribution in [0.5, 0.6) is 0 Å². The molecule has 0 N–H and O–H groups in total. The molecule has 1 aliphatic rings. The van der Waals surface area contributed by atoms with Crippen LogP contribution in [-0.4, -0.2) is 33.3 Å². The molecule has 2 unspecified atom stereocenters. The summed E-state index contributed by atoms with van der Waals surface area (Å²) in [7, 11) is 0. The van der Waals surface area contributed by atoms with Crippen LogP contribution in [0.25, 0.3) is 0 Å². The average Bonchev–Trinajstić information content (AvgIpc) is 2.59. The van der Waals surface area contributed by atoms with Crippen molar-refractivity contribution < 1.29 is 39.5 Å². The molecule has 156 valence electrons. The molecule has 0 bridgehead atoms. The molecular weight excluding hydrogens is 490 g/mol. The van der Waals surface area contributed by atoms with Crippen molar-refractivity contribution in [3.8, 4) is 0 Å². The van der Waals surface area contributed by atoms with E-state index in [2.05, 4.69) is 0 Å². The molecule has 1 saturated carbocycles. The van der Waals surface area contributed by atoms with Crippen LogP contribution in [0.4, 0.5) is 39.5 Å². The minimum absolute atomic E-state index is 0.0111. The van der Waals surface area contributed by atoms with Crippen molar-refractivity contribution in [2.75, 3.05) is 0 Å². The van der Waals surface area contributed by atoms with Crippen LogP contribution in [-0.2, 0) is 0 Å². The summed E-state index contributed by atoms with van der Waals surface area (Å²) in [5.41, 5.74) is -5.35. The number of rotatable bonds is 9. The summed E-state index contributed by atoms with van der Waals surface area (Å²) >= 11 is 1.40. The summed E-state index contributed by atoms with van der Waals surface area (Å²) in [5, 5.41) is 0. The first-order valence-corrected chi connectivity index (χ1v) is 9.73. The van der Waals surface area contributed by atoms with Crippen molar-refractivity contribution in [1.82, 2.24) is 0 Å². The molecule has 10 heteroatoms. The zero-order valence-electron chi connectivity index (χ0n) is 14.4. The van der Waals surface area contributed by atoms with Gasteiger partial charge in [0.15, 0.2) is 0 Å². The smallest absolute Gasteiger partial charge is 0.230 e. The van der Waals surface area contributed by atoms with Gasteiger partial charge in [-0.1, -0.05) is 75.0 Å². The van der Waals surface area contributed by atoms with Crippen LogP contribution in [0.2, 0.25) is 0 Å². The Hall–Kier alpha value is 0.1000. The van der Waals surface area contributed by atoms with Crippen LogP contribution in [0.1, 0.15) is 58.8 Å². The lowest BCUT2D eigenvalue weighted by atomic mass is 9.80. The fourth-order valence-electron chi connectivity index (χ4n) is 3.24. The highest BCUT2D eigenvalue weighted by molar-refractivity contribution is 14.1. The molecule has 1 aliphatic carbocycles. The van der Waals surface area contributed by atoms with Gasteiger partial charge in [0.05, 0.1) is 0 Å². The van der Waals surface area contributed by atoms with Gasteiger partial charge in [-0.05, 0) is 6.42 Å². The van der Waals surface area contributed by atoms with Crippen molar-refractivity contribution in [2.45, 2.75) is 92.1 Å². The molecule has 1 fully saturated rings. The third kappa shape index (κ3) is 3.23. The summed E-state index contributed by atoms with van der Waals surface area (Å²) in [6.07, 6.45) is 4.69. The van der Waals surface area contributed by atoms with E-state index in [0.717, 1.165) is 25.7 Å². The summed E-state index contributed by atoms with van der Waals surface area (Å²) in [6.45, 7) is 2.56. The molecule has 0 aromatic heterocycles. The zero-order valence-corrected chi connectivity index (χ0v) is 16.5. The Morgan fingerprint density at radius 2 is 1.04 bits per heavy atom. The highest BCUT2D eigenvalue weighted by Gasteiger charge is 3.01.